The minimum Gasteiger partial charge on any atom is -0.494 e. The van der Waals surface area contributed by atoms with Gasteiger partial charge in [-0.15, -0.1) is 0 Å². The van der Waals surface area contributed by atoms with E-state index >= 15 is 0 Å². The first-order valence-electron chi connectivity index (χ1n) is 8.60. The summed E-state index contributed by atoms with van der Waals surface area (Å²) >= 11 is 0. The summed E-state index contributed by atoms with van der Waals surface area (Å²) in [5, 5.41) is 10.8. The molecule has 3 aromatic rings. The van der Waals surface area contributed by atoms with Gasteiger partial charge in [-0.05, 0) is 36.8 Å². The Morgan fingerprint density at radius 1 is 1.19 bits per heavy atom. The molecular formula is C21H20N4O2. The zero-order valence-electron chi connectivity index (χ0n) is 14.9. The smallest absolute Gasteiger partial charge is 0.289 e. The van der Waals surface area contributed by atoms with E-state index in [0.29, 0.717) is 18.0 Å². The van der Waals surface area contributed by atoms with Crippen molar-refractivity contribution in [1.82, 2.24) is 15.6 Å². The van der Waals surface area contributed by atoms with Crippen molar-refractivity contribution in [2.75, 3.05) is 6.61 Å². The van der Waals surface area contributed by atoms with E-state index < -0.39 is 0 Å². The molecule has 0 unspecified atom stereocenters. The van der Waals surface area contributed by atoms with Gasteiger partial charge in [-0.3, -0.25) is 9.89 Å². The fourth-order valence-electron chi connectivity index (χ4n) is 2.42. The van der Waals surface area contributed by atoms with Gasteiger partial charge in [0, 0.05) is 11.8 Å². The number of H-pyrrole nitrogens is 1. The highest BCUT2D eigenvalue weighted by molar-refractivity contribution is 5.94. The van der Waals surface area contributed by atoms with Gasteiger partial charge in [0.1, 0.15) is 11.4 Å². The second kappa shape index (κ2) is 9.15. The number of carbonyl (C=O) groups is 1. The second-order valence-corrected chi connectivity index (χ2v) is 5.62. The van der Waals surface area contributed by atoms with Crippen LogP contribution >= 0.6 is 0 Å². The van der Waals surface area contributed by atoms with E-state index in [9.17, 15) is 4.79 Å². The molecular weight excluding hydrogens is 340 g/mol. The van der Waals surface area contributed by atoms with Crippen molar-refractivity contribution >= 4 is 18.2 Å². The van der Waals surface area contributed by atoms with Crippen molar-refractivity contribution in [2.24, 2.45) is 5.10 Å². The first kappa shape index (κ1) is 18.1. The van der Waals surface area contributed by atoms with Crippen LogP contribution in [0.15, 0.2) is 71.8 Å². The molecule has 0 bridgehead atoms. The van der Waals surface area contributed by atoms with E-state index in [-0.39, 0.29) is 5.91 Å². The molecule has 1 aromatic heterocycles. The molecule has 3 rings (SSSR count). The minimum absolute atomic E-state index is 0.330. The van der Waals surface area contributed by atoms with E-state index in [1.807, 2.05) is 67.6 Å². The Balaban J connectivity index is 1.59. The molecule has 27 heavy (non-hydrogen) atoms. The van der Waals surface area contributed by atoms with Crippen molar-refractivity contribution in [3.63, 3.8) is 0 Å². The van der Waals surface area contributed by atoms with Crippen LogP contribution in [0.5, 0.6) is 5.75 Å². The lowest BCUT2D eigenvalue weighted by atomic mass is 10.1. The van der Waals surface area contributed by atoms with Crippen molar-refractivity contribution in [3.05, 3.63) is 78.0 Å². The molecule has 0 radical (unpaired) electrons. The quantitative estimate of drug-likeness (QED) is 0.495. The number of aromatic nitrogens is 2. The first-order valence-corrected chi connectivity index (χ1v) is 8.60. The first-order chi connectivity index (χ1) is 13.3. The number of nitrogens with one attached hydrogen (secondary N) is 2. The van der Waals surface area contributed by atoms with Crippen molar-refractivity contribution < 1.29 is 9.53 Å². The maximum atomic E-state index is 12.1. The Morgan fingerprint density at radius 2 is 2.04 bits per heavy atom. The largest absolute Gasteiger partial charge is 0.494 e. The fraction of sp³-hybridized carbons (Fsp3) is 0.0952. The number of nitrogens with zero attached hydrogens (tertiary/aromatic N) is 2. The number of rotatable bonds is 7. The summed E-state index contributed by atoms with van der Waals surface area (Å²) in [7, 11) is 0. The molecule has 0 fully saturated rings. The number of aromatic amines is 1. The summed E-state index contributed by atoms with van der Waals surface area (Å²) in [5.74, 6) is 0.401. The Kier molecular flexibility index (Phi) is 6.14. The van der Waals surface area contributed by atoms with Gasteiger partial charge in [0.2, 0.25) is 0 Å². The summed E-state index contributed by atoms with van der Waals surface area (Å²) in [6.07, 6.45) is 5.18. The summed E-state index contributed by atoms with van der Waals surface area (Å²) in [6, 6.07) is 19.1. The number of hydrazone groups is 1. The topological polar surface area (TPSA) is 79.4 Å². The van der Waals surface area contributed by atoms with Crippen LogP contribution in [0.4, 0.5) is 0 Å². The van der Waals surface area contributed by atoms with Gasteiger partial charge in [-0.25, -0.2) is 5.43 Å². The van der Waals surface area contributed by atoms with Crippen LogP contribution in [0, 0.1) is 0 Å². The number of hydrogen-bond acceptors (Lipinski definition) is 4. The predicted octanol–water partition coefficient (Wildman–Crippen LogP) is 3.90. The molecule has 0 aliphatic heterocycles. The fourth-order valence-corrected chi connectivity index (χ4v) is 2.42. The van der Waals surface area contributed by atoms with Crippen LogP contribution in [-0.2, 0) is 0 Å². The lowest BCUT2D eigenvalue weighted by Crippen LogP contribution is -2.17. The standard InChI is InChI=1S/C21H20N4O2/c1-2-27-18-12-6-11-17(14-18)19-15-20(24-23-19)21(26)25-22-13-7-10-16-8-4-3-5-9-16/h3-15H,2H2,1H3,(H,23,24)(H,25,26). The molecule has 6 heteroatoms. The zero-order valence-corrected chi connectivity index (χ0v) is 14.9. The van der Waals surface area contributed by atoms with Crippen LogP contribution < -0.4 is 10.2 Å². The molecule has 0 aliphatic carbocycles. The third-order valence-corrected chi connectivity index (χ3v) is 3.68. The van der Waals surface area contributed by atoms with Crippen LogP contribution in [0.2, 0.25) is 0 Å². The number of amides is 1. The van der Waals surface area contributed by atoms with Crippen LogP contribution in [0.3, 0.4) is 0 Å². The van der Waals surface area contributed by atoms with E-state index in [2.05, 4.69) is 20.7 Å². The van der Waals surface area contributed by atoms with Crippen molar-refractivity contribution in [3.8, 4) is 17.0 Å². The summed E-state index contributed by atoms with van der Waals surface area (Å²) in [4.78, 5) is 12.1. The molecule has 0 spiro atoms. The minimum atomic E-state index is -0.362. The highest BCUT2D eigenvalue weighted by Gasteiger charge is 2.10. The lowest BCUT2D eigenvalue weighted by molar-refractivity contribution is 0.0950. The lowest BCUT2D eigenvalue weighted by Gasteiger charge is -2.03. The maximum Gasteiger partial charge on any atom is 0.289 e. The third kappa shape index (κ3) is 5.15. The molecule has 1 amide bonds. The predicted molar refractivity (Wildman–Crippen MR) is 107 cm³/mol. The summed E-state index contributed by atoms with van der Waals surface area (Å²) < 4.78 is 5.49. The van der Waals surface area contributed by atoms with E-state index in [1.54, 1.807) is 12.1 Å². The Hall–Kier alpha value is -3.67. The van der Waals surface area contributed by atoms with Gasteiger partial charge in [0.25, 0.3) is 5.91 Å². The van der Waals surface area contributed by atoms with Crippen molar-refractivity contribution in [2.45, 2.75) is 6.92 Å². The summed E-state index contributed by atoms with van der Waals surface area (Å²) in [6.45, 7) is 2.52. The molecule has 6 nitrogen and oxygen atoms in total. The SMILES string of the molecule is CCOc1cccc(-c2cc(C(=O)NN=CC=Cc3ccccc3)[nH]n2)c1. The van der Waals surface area contributed by atoms with Gasteiger partial charge in [0.15, 0.2) is 0 Å². The third-order valence-electron chi connectivity index (χ3n) is 3.68. The highest BCUT2D eigenvalue weighted by Crippen LogP contribution is 2.22. The van der Waals surface area contributed by atoms with E-state index in [0.717, 1.165) is 16.9 Å². The Morgan fingerprint density at radius 3 is 2.85 bits per heavy atom. The molecule has 0 saturated carbocycles. The molecule has 136 valence electrons. The maximum absolute atomic E-state index is 12.1. The van der Waals surface area contributed by atoms with E-state index in [1.165, 1.54) is 6.21 Å². The zero-order chi connectivity index (χ0) is 18.9. The number of benzene rings is 2. The van der Waals surface area contributed by atoms with Crippen molar-refractivity contribution in [1.29, 1.82) is 0 Å². The molecule has 0 saturated heterocycles. The van der Waals surface area contributed by atoms with Gasteiger partial charge < -0.3 is 4.74 Å². The highest BCUT2D eigenvalue weighted by atomic mass is 16.5. The monoisotopic (exact) mass is 360 g/mol. The van der Waals surface area contributed by atoms with Gasteiger partial charge in [-0.1, -0.05) is 48.5 Å². The Bertz CT molecular complexity index is 946. The normalized spacial score (nSPS) is 11.1. The average Bonchev–Trinajstić information content (AvgIpc) is 3.19. The molecule has 2 N–H and O–H groups in total. The molecule has 1 heterocycles. The number of carbonyl (C=O) groups excluding carboxylic acids is 1. The molecule has 0 aliphatic rings. The van der Waals surface area contributed by atoms with Gasteiger partial charge >= 0.3 is 0 Å². The molecule has 0 atom stereocenters. The summed E-state index contributed by atoms with van der Waals surface area (Å²) in [5.41, 5.74) is 5.38. The van der Waals surface area contributed by atoms with Gasteiger partial charge in [0.05, 0.1) is 12.3 Å². The van der Waals surface area contributed by atoms with Gasteiger partial charge in [-0.2, -0.15) is 10.2 Å². The number of hydrogen-bond donors (Lipinski definition) is 2. The average molecular weight is 360 g/mol. The molecule has 2 aromatic carbocycles. The van der Waals surface area contributed by atoms with Crippen LogP contribution in [-0.4, -0.2) is 28.9 Å². The van der Waals surface area contributed by atoms with E-state index in [4.69, 9.17) is 4.74 Å². The Labute approximate surface area is 157 Å². The van der Waals surface area contributed by atoms with Crippen LogP contribution in [0.1, 0.15) is 23.0 Å². The number of ether oxygens (including phenoxy) is 1. The second-order valence-electron chi connectivity index (χ2n) is 5.62. The number of allylic oxidation sites excluding steroid dienone is 1. The van der Waals surface area contributed by atoms with Crippen LogP contribution in [0.25, 0.3) is 17.3 Å².